The van der Waals surface area contributed by atoms with Gasteiger partial charge in [0.1, 0.15) is 12.3 Å². The standard InChI is InChI=1S/C26H22ClN3O4S2/c1-2-34-19-11-12-21-23(13-19)35-26(28-21)29-25(31)15-30-14-24(20-5-3-4-6-22(20)30)36(32,33)16-17-7-9-18(27)10-8-17/h3-14H,2,15-16H2,1H3,(H,28,29,31). The van der Waals surface area contributed by atoms with E-state index in [9.17, 15) is 13.2 Å². The molecule has 0 aliphatic heterocycles. The van der Waals surface area contributed by atoms with Crippen LogP contribution in [0.15, 0.2) is 77.8 Å². The molecule has 1 N–H and O–H groups in total. The SMILES string of the molecule is CCOc1ccc2nc(NC(=O)Cn3cc(S(=O)(=O)Cc4ccc(Cl)cc4)c4ccccc43)sc2c1. The van der Waals surface area contributed by atoms with Gasteiger partial charge in [-0.3, -0.25) is 4.79 Å². The first-order valence-electron chi connectivity index (χ1n) is 11.2. The Morgan fingerprint density at radius 2 is 1.89 bits per heavy atom. The summed E-state index contributed by atoms with van der Waals surface area (Å²) in [6.07, 6.45) is 1.53. The minimum atomic E-state index is -3.67. The van der Waals surface area contributed by atoms with Crippen molar-refractivity contribution in [2.75, 3.05) is 11.9 Å². The van der Waals surface area contributed by atoms with Crippen LogP contribution in [0.2, 0.25) is 5.02 Å². The highest BCUT2D eigenvalue weighted by Crippen LogP contribution is 2.31. The minimum Gasteiger partial charge on any atom is -0.494 e. The van der Waals surface area contributed by atoms with Crippen molar-refractivity contribution in [3.63, 3.8) is 0 Å². The van der Waals surface area contributed by atoms with Crippen LogP contribution in [-0.4, -0.2) is 30.5 Å². The van der Waals surface area contributed by atoms with E-state index in [0.29, 0.717) is 33.2 Å². The van der Waals surface area contributed by atoms with Gasteiger partial charge in [0.05, 0.1) is 27.5 Å². The lowest BCUT2D eigenvalue weighted by molar-refractivity contribution is -0.116. The average Bonchev–Trinajstić information content (AvgIpc) is 3.42. The molecule has 0 fully saturated rings. The van der Waals surface area contributed by atoms with Crippen LogP contribution in [-0.2, 0) is 26.9 Å². The van der Waals surface area contributed by atoms with E-state index in [4.69, 9.17) is 16.3 Å². The van der Waals surface area contributed by atoms with E-state index in [1.807, 2.05) is 31.2 Å². The van der Waals surface area contributed by atoms with E-state index in [0.717, 1.165) is 16.0 Å². The smallest absolute Gasteiger partial charge is 0.246 e. The Hall–Kier alpha value is -3.40. The molecular weight excluding hydrogens is 518 g/mol. The maximum absolute atomic E-state index is 13.3. The van der Waals surface area contributed by atoms with Crippen LogP contribution in [0.5, 0.6) is 5.75 Å². The molecule has 3 aromatic carbocycles. The molecule has 0 bridgehead atoms. The molecule has 2 heterocycles. The van der Waals surface area contributed by atoms with Gasteiger partial charge in [0.2, 0.25) is 5.91 Å². The minimum absolute atomic E-state index is 0.0584. The molecule has 0 atom stereocenters. The van der Waals surface area contributed by atoms with E-state index in [1.165, 1.54) is 17.5 Å². The zero-order valence-electron chi connectivity index (χ0n) is 19.3. The molecule has 0 spiro atoms. The summed E-state index contributed by atoms with van der Waals surface area (Å²) in [4.78, 5) is 17.6. The van der Waals surface area contributed by atoms with Crippen molar-refractivity contribution >= 4 is 64.9 Å². The van der Waals surface area contributed by atoms with Crippen LogP contribution in [0.4, 0.5) is 5.13 Å². The summed E-state index contributed by atoms with van der Waals surface area (Å²) in [5.41, 5.74) is 2.06. The van der Waals surface area contributed by atoms with Crippen LogP contribution in [0, 0.1) is 0 Å². The Morgan fingerprint density at radius 1 is 1.11 bits per heavy atom. The summed E-state index contributed by atoms with van der Waals surface area (Å²) in [7, 11) is -3.67. The highest BCUT2D eigenvalue weighted by molar-refractivity contribution is 7.90. The maximum atomic E-state index is 13.3. The number of sulfone groups is 1. The van der Waals surface area contributed by atoms with Gasteiger partial charge in [0.25, 0.3) is 0 Å². The zero-order chi connectivity index (χ0) is 25.3. The number of thiazole rings is 1. The number of aromatic nitrogens is 2. The van der Waals surface area contributed by atoms with Gasteiger partial charge in [-0.1, -0.05) is 53.3 Å². The number of anilines is 1. The largest absolute Gasteiger partial charge is 0.494 e. The number of carbonyl (C=O) groups is 1. The molecule has 2 aromatic heterocycles. The Bertz CT molecular complexity index is 1670. The van der Waals surface area contributed by atoms with Crippen LogP contribution in [0.3, 0.4) is 0 Å². The van der Waals surface area contributed by atoms with E-state index in [2.05, 4.69) is 10.3 Å². The number of rotatable bonds is 8. The number of carbonyl (C=O) groups excluding carboxylic acids is 1. The summed E-state index contributed by atoms with van der Waals surface area (Å²) < 4.78 is 34.7. The predicted molar refractivity (Wildman–Crippen MR) is 144 cm³/mol. The highest BCUT2D eigenvalue weighted by Gasteiger charge is 2.22. The maximum Gasteiger partial charge on any atom is 0.246 e. The number of hydrogen-bond donors (Lipinski definition) is 1. The van der Waals surface area contributed by atoms with E-state index in [-0.39, 0.29) is 23.1 Å². The Kier molecular flexibility index (Phi) is 6.70. The average molecular weight is 540 g/mol. The van der Waals surface area contributed by atoms with Gasteiger partial charge in [-0.25, -0.2) is 13.4 Å². The molecule has 0 aliphatic carbocycles. The summed E-state index contributed by atoms with van der Waals surface area (Å²) in [5, 5.41) is 4.42. The number of ether oxygens (including phenoxy) is 1. The van der Waals surface area contributed by atoms with Gasteiger partial charge >= 0.3 is 0 Å². The third kappa shape index (κ3) is 5.09. The topological polar surface area (TPSA) is 90.3 Å². The first-order chi connectivity index (χ1) is 17.3. The van der Waals surface area contributed by atoms with Crippen molar-refractivity contribution in [2.45, 2.75) is 24.1 Å². The van der Waals surface area contributed by atoms with Gasteiger partial charge in [-0.2, -0.15) is 0 Å². The molecule has 184 valence electrons. The number of para-hydroxylation sites is 1. The molecule has 0 aliphatic rings. The van der Waals surface area contributed by atoms with Gasteiger partial charge in [0, 0.05) is 22.1 Å². The molecular formula is C26H22ClN3O4S2. The molecule has 1 amide bonds. The second kappa shape index (κ2) is 9.93. The van der Waals surface area contributed by atoms with Crippen LogP contribution in [0.1, 0.15) is 12.5 Å². The lowest BCUT2D eigenvalue weighted by atomic mass is 10.2. The number of halogens is 1. The molecule has 10 heteroatoms. The van der Waals surface area contributed by atoms with Gasteiger partial charge in [-0.05, 0) is 48.9 Å². The Morgan fingerprint density at radius 3 is 2.67 bits per heavy atom. The third-order valence-electron chi connectivity index (χ3n) is 5.59. The number of benzene rings is 3. The van der Waals surface area contributed by atoms with E-state index in [1.54, 1.807) is 47.0 Å². The number of nitrogens with one attached hydrogen (secondary N) is 1. The second-order valence-electron chi connectivity index (χ2n) is 8.15. The van der Waals surface area contributed by atoms with Crippen molar-refractivity contribution in [2.24, 2.45) is 0 Å². The van der Waals surface area contributed by atoms with Gasteiger partial charge < -0.3 is 14.6 Å². The first-order valence-corrected chi connectivity index (χ1v) is 14.1. The molecule has 5 aromatic rings. The summed E-state index contributed by atoms with van der Waals surface area (Å²) >= 11 is 7.28. The predicted octanol–water partition coefficient (Wildman–Crippen LogP) is 5.92. The van der Waals surface area contributed by atoms with Crippen molar-refractivity contribution in [1.82, 2.24) is 9.55 Å². The molecule has 0 saturated carbocycles. The fourth-order valence-corrected chi connectivity index (χ4v) is 6.62. The highest BCUT2D eigenvalue weighted by atomic mass is 35.5. The van der Waals surface area contributed by atoms with Crippen molar-refractivity contribution < 1.29 is 17.9 Å². The van der Waals surface area contributed by atoms with E-state index < -0.39 is 9.84 Å². The molecule has 5 rings (SSSR count). The quantitative estimate of drug-likeness (QED) is 0.264. The molecule has 0 radical (unpaired) electrons. The Labute approximate surface area is 217 Å². The lowest BCUT2D eigenvalue weighted by Gasteiger charge is -2.05. The van der Waals surface area contributed by atoms with Crippen LogP contribution < -0.4 is 10.1 Å². The number of amides is 1. The normalized spacial score (nSPS) is 11.7. The fourth-order valence-electron chi connectivity index (χ4n) is 4.00. The van der Waals surface area contributed by atoms with Gasteiger partial charge in [0.15, 0.2) is 15.0 Å². The van der Waals surface area contributed by atoms with Gasteiger partial charge in [-0.15, -0.1) is 0 Å². The molecule has 36 heavy (non-hydrogen) atoms. The zero-order valence-corrected chi connectivity index (χ0v) is 21.7. The van der Waals surface area contributed by atoms with Crippen LogP contribution >= 0.6 is 22.9 Å². The number of hydrogen-bond acceptors (Lipinski definition) is 6. The molecule has 0 saturated heterocycles. The monoisotopic (exact) mass is 539 g/mol. The van der Waals surface area contributed by atoms with E-state index >= 15 is 0 Å². The number of nitrogens with zero attached hydrogens (tertiary/aromatic N) is 2. The number of fused-ring (bicyclic) bond motifs is 2. The molecule has 7 nitrogen and oxygen atoms in total. The Balaban J connectivity index is 1.39. The van der Waals surface area contributed by atoms with Crippen LogP contribution in [0.25, 0.3) is 21.1 Å². The van der Waals surface area contributed by atoms with Crippen molar-refractivity contribution in [3.8, 4) is 5.75 Å². The van der Waals surface area contributed by atoms with Crippen molar-refractivity contribution in [1.29, 1.82) is 0 Å². The molecule has 0 unspecified atom stereocenters. The fraction of sp³-hybridized carbons (Fsp3) is 0.154. The third-order valence-corrected chi connectivity index (χ3v) is 8.48. The lowest BCUT2D eigenvalue weighted by Crippen LogP contribution is -2.18. The first kappa shape index (κ1) is 24.3. The summed E-state index contributed by atoms with van der Waals surface area (Å²) in [6, 6.07) is 19.5. The van der Waals surface area contributed by atoms with Crippen molar-refractivity contribution in [3.05, 3.63) is 83.5 Å². The summed E-state index contributed by atoms with van der Waals surface area (Å²) in [5.74, 6) is 0.277. The second-order valence-corrected chi connectivity index (χ2v) is 11.6. The summed E-state index contributed by atoms with van der Waals surface area (Å²) in [6.45, 7) is 2.43.